The van der Waals surface area contributed by atoms with Crippen molar-refractivity contribution in [2.45, 2.75) is 25.8 Å². The Labute approximate surface area is 168 Å². The Hall–Kier alpha value is -3.19. The van der Waals surface area contributed by atoms with Gasteiger partial charge in [0.25, 0.3) is 0 Å². The maximum absolute atomic E-state index is 12.6. The van der Waals surface area contributed by atoms with E-state index in [-0.39, 0.29) is 17.7 Å². The van der Waals surface area contributed by atoms with Crippen molar-refractivity contribution in [3.05, 3.63) is 48.5 Å². The van der Waals surface area contributed by atoms with Crippen LogP contribution in [0.15, 0.2) is 52.9 Å². The van der Waals surface area contributed by atoms with Gasteiger partial charge in [0, 0.05) is 30.3 Å². The second-order valence-corrected chi connectivity index (χ2v) is 7.44. The fourth-order valence-corrected chi connectivity index (χ4v) is 3.59. The van der Waals surface area contributed by atoms with Crippen LogP contribution in [0.5, 0.6) is 0 Å². The number of oxazole rings is 1. The molecular weight excluding hydrogens is 368 g/mol. The van der Waals surface area contributed by atoms with Crippen LogP contribution in [-0.4, -0.2) is 40.8 Å². The lowest BCUT2D eigenvalue weighted by Gasteiger charge is -2.32. The Morgan fingerprint density at radius 3 is 2.48 bits per heavy atom. The van der Waals surface area contributed by atoms with Crippen LogP contribution < -0.4 is 11.1 Å². The Morgan fingerprint density at radius 2 is 1.83 bits per heavy atom. The molecule has 7 nitrogen and oxygen atoms in total. The van der Waals surface area contributed by atoms with Crippen molar-refractivity contribution in [1.29, 1.82) is 0 Å². The van der Waals surface area contributed by atoms with Gasteiger partial charge < -0.3 is 20.4 Å². The minimum absolute atomic E-state index is 0.0208. The first kappa shape index (κ1) is 19.1. The average molecular weight is 392 g/mol. The lowest BCUT2D eigenvalue weighted by molar-refractivity contribution is -0.135. The Kier molecular flexibility index (Phi) is 5.31. The van der Waals surface area contributed by atoms with E-state index in [0.29, 0.717) is 31.8 Å². The highest BCUT2D eigenvalue weighted by Crippen LogP contribution is 2.26. The van der Waals surface area contributed by atoms with Crippen molar-refractivity contribution in [3.63, 3.8) is 0 Å². The van der Waals surface area contributed by atoms with Crippen LogP contribution in [0.1, 0.15) is 19.8 Å². The quantitative estimate of drug-likeness (QED) is 0.711. The molecule has 0 saturated carbocycles. The average Bonchev–Trinajstić information content (AvgIpc) is 3.18. The van der Waals surface area contributed by atoms with E-state index in [0.717, 1.165) is 22.4 Å². The third-order valence-corrected chi connectivity index (χ3v) is 5.26. The Bertz CT molecular complexity index is 985. The first-order valence-corrected chi connectivity index (χ1v) is 9.82. The zero-order valence-corrected chi connectivity index (χ0v) is 16.3. The maximum atomic E-state index is 12.6. The van der Waals surface area contributed by atoms with E-state index in [9.17, 15) is 9.59 Å². The Balaban J connectivity index is 1.36. The van der Waals surface area contributed by atoms with Crippen molar-refractivity contribution in [2.24, 2.45) is 11.7 Å². The summed E-state index contributed by atoms with van der Waals surface area (Å²) in [5, 5.41) is 2.97. The molecule has 2 aromatic carbocycles. The number of nitrogens with one attached hydrogen (secondary N) is 1. The summed E-state index contributed by atoms with van der Waals surface area (Å²) in [7, 11) is 0. The number of hydrogen-bond acceptors (Lipinski definition) is 5. The number of piperidine rings is 1. The summed E-state index contributed by atoms with van der Waals surface area (Å²) in [5.74, 6) is 0.366. The van der Waals surface area contributed by atoms with E-state index in [1.165, 1.54) is 0 Å². The lowest BCUT2D eigenvalue weighted by atomic mass is 9.95. The van der Waals surface area contributed by atoms with Gasteiger partial charge in [0.1, 0.15) is 5.52 Å². The molecule has 3 aromatic rings. The van der Waals surface area contributed by atoms with Crippen molar-refractivity contribution in [2.75, 3.05) is 18.4 Å². The molecule has 2 heterocycles. The summed E-state index contributed by atoms with van der Waals surface area (Å²) in [6, 6.07) is 14.6. The van der Waals surface area contributed by atoms with Crippen LogP contribution in [-0.2, 0) is 9.59 Å². The van der Waals surface area contributed by atoms with Crippen LogP contribution in [0.25, 0.3) is 22.6 Å². The number of hydrogen-bond donors (Lipinski definition) is 2. The third kappa shape index (κ3) is 4.14. The number of carbonyl (C=O) groups is 2. The van der Waals surface area contributed by atoms with Crippen molar-refractivity contribution >= 4 is 28.6 Å². The molecule has 1 aliphatic rings. The van der Waals surface area contributed by atoms with Crippen LogP contribution >= 0.6 is 0 Å². The second kappa shape index (κ2) is 8.05. The molecule has 1 atom stereocenters. The fourth-order valence-electron chi connectivity index (χ4n) is 3.59. The molecule has 1 saturated heterocycles. The second-order valence-electron chi connectivity index (χ2n) is 7.44. The number of rotatable bonds is 4. The summed E-state index contributed by atoms with van der Waals surface area (Å²) < 4.78 is 5.78. The van der Waals surface area contributed by atoms with Gasteiger partial charge in [0.2, 0.25) is 17.7 Å². The standard InChI is InChI=1S/C22H24N4O3/c1-14(23)22(28)26-12-10-15(11-13-26)20(27)24-17-8-6-16(7-9-17)21-25-18-4-2-3-5-19(18)29-21/h2-9,14-15H,10-13,23H2,1H3,(H,24,27)/t14-/m1/s1. The summed E-state index contributed by atoms with van der Waals surface area (Å²) in [4.78, 5) is 30.8. The lowest BCUT2D eigenvalue weighted by Crippen LogP contribution is -2.47. The summed E-state index contributed by atoms with van der Waals surface area (Å²) in [5.41, 5.74) is 8.79. The van der Waals surface area contributed by atoms with Gasteiger partial charge >= 0.3 is 0 Å². The number of amides is 2. The first-order chi connectivity index (χ1) is 14.0. The molecule has 1 aromatic heterocycles. The predicted molar refractivity (Wildman–Crippen MR) is 111 cm³/mol. The van der Waals surface area contributed by atoms with E-state index in [1.54, 1.807) is 11.8 Å². The molecule has 0 bridgehead atoms. The van der Waals surface area contributed by atoms with E-state index >= 15 is 0 Å². The molecule has 0 spiro atoms. The first-order valence-electron chi connectivity index (χ1n) is 9.82. The highest BCUT2D eigenvalue weighted by Gasteiger charge is 2.28. The molecule has 29 heavy (non-hydrogen) atoms. The highest BCUT2D eigenvalue weighted by molar-refractivity contribution is 5.93. The third-order valence-electron chi connectivity index (χ3n) is 5.26. The molecule has 0 aliphatic carbocycles. The SMILES string of the molecule is C[C@@H](N)C(=O)N1CCC(C(=O)Nc2ccc(-c3nc4ccccc4o3)cc2)CC1. The van der Waals surface area contributed by atoms with Crippen LogP contribution in [0.4, 0.5) is 5.69 Å². The number of carbonyl (C=O) groups excluding carboxylic acids is 2. The fraction of sp³-hybridized carbons (Fsp3) is 0.318. The molecule has 3 N–H and O–H groups in total. The number of fused-ring (bicyclic) bond motifs is 1. The normalized spacial score (nSPS) is 16.0. The molecule has 1 aliphatic heterocycles. The topological polar surface area (TPSA) is 101 Å². The Morgan fingerprint density at radius 1 is 1.14 bits per heavy atom. The minimum Gasteiger partial charge on any atom is -0.436 e. The van der Waals surface area contributed by atoms with Gasteiger partial charge in [-0.05, 0) is 56.2 Å². The maximum Gasteiger partial charge on any atom is 0.239 e. The van der Waals surface area contributed by atoms with E-state index < -0.39 is 6.04 Å². The van der Waals surface area contributed by atoms with E-state index in [2.05, 4.69) is 10.3 Å². The van der Waals surface area contributed by atoms with Crippen molar-refractivity contribution in [3.8, 4) is 11.5 Å². The van der Waals surface area contributed by atoms with Gasteiger partial charge in [-0.15, -0.1) is 0 Å². The molecular formula is C22H24N4O3. The molecule has 1 fully saturated rings. The summed E-state index contributed by atoms with van der Waals surface area (Å²) in [6.07, 6.45) is 1.29. The number of para-hydroxylation sites is 2. The van der Waals surface area contributed by atoms with E-state index in [1.807, 2.05) is 48.5 Å². The number of aromatic nitrogens is 1. The van der Waals surface area contributed by atoms with E-state index in [4.69, 9.17) is 10.2 Å². The van der Waals surface area contributed by atoms with Gasteiger partial charge in [0.15, 0.2) is 5.58 Å². The molecule has 2 amide bonds. The van der Waals surface area contributed by atoms with Gasteiger partial charge in [-0.25, -0.2) is 4.98 Å². The van der Waals surface area contributed by atoms with Gasteiger partial charge in [-0.2, -0.15) is 0 Å². The highest BCUT2D eigenvalue weighted by atomic mass is 16.3. The largest absolute Gasteiger partial charge is 0.436 e. The van der Waals surface area contributed by atoms with Crippen LogP contribution in [0.2, 0.25) is 0 Å². The number of nitrogens with zero attached hydrogens (tertiary/aromatic N) is 2. The molecule has 7 heteroatoms. The molecule has 0 unspecified atom stereocenters. The molecule has 0 radical (unpaired) electrons. The number of nitrogens with two attached hydrogens (primary N) is 1. The summed E-state index contributed by atoms with van der Waals surface area (Å²) >= 11 is 0. The number of likely N-dealkylation sites (tertiary alicyclic amines) is 1. The van der Waals surface area contributed by atoms with Gasteiger partial charge in [-0.1, -0.05) is 12.1 Å². The minimum atomic E-state index is -0.500. The number of benzene rings is 2. The monoisotopic (exact) mass is 392 g/mol. The van der Waals surface area contributed by atoms with Gasteiger partial charge in [0.05, 0.1) is 6.04 Å². The van der Waals surface area contributed by atoms with Gasteiger partial charge in [-0.3, -0.25) is 9.59 Å². The summed E-state index contributed by atoms with van der Waals surface area (Å²) in [6.45, 7) is 2.82. The molecule has 4 rings (SSSR count). The van der Waals surface area contributed by atoms with Crippen molar-refractivity contribution < 1.29 is 14.0 Å². The zero-order chi connectivity index (χ0) is 20.4. The zero-order valence-electron chi connectivity index (χ0n) is 16.3. The van der Waals surface area contributed by atoms with Crippen molar-refractivity contribution in [1.82, 2.24) is 9.88 Å². The van der Waals surface area contributed by atoms with Crippen LogP contribution in [0, 0.1) is 5.92 Å². The smallest absolute Gasteiger partial charge is 0.239 e. The molecule has 150 valence electrons. The predicted octanol–water partition coefficient (Wildman–Crippen LogP) is 3.02. The number of anilines is 1. The van der Waals surface area contributed by atoms with Crippen LogP contribution in [0.3, 0.4) is 0 Å².